The first-order valence-electron chi connectivity index (χ1n) is 8.19. The average Bonchev–Trinajstić information content (AvgIpc) is 3.19. The van der Waals surface area contributed by atoms with Crippen molar-refractivity contribution in [2.45, 2.75) is 19.9 Å². The number of nitrogens with zero attached hydrogens (tertiary/aromatic N) is 2. The Morgan fingerprint density at radius 3 is 2.88 bits per heavy atom. The molecule has 0 saturated carbocycles. The van der Waals surface area contributed by atoms with Gasteiger partial charge in [0.05, 0.1) is 11.4 Å². The number of hydrogen-bond donors (Lipinski definition) is 1. The summed E-state index contributed by atoms with van der Waals surface area (Å²) in [4.78, 5) is 32.3. The number of likely N-dealkylation sites (N-methyl/N-ethyl adjacent to an activating group) is 1. The molecule has 6 heteroatoms. The van der Waals surface area contributed by atoms with Crippen molar-refractivity contribution in [3.8, 4) is 0 Å². The van der Waals surface area contributed by atoms with E-state index in [1.165, 1.54) is 0 Å². The molecule has 1 aliphatic rings. The van der Waals surface area contributed by atoms with E-state index in [0.29, 0.717) is 29.7 Å². The summed E-state index contributed by atoms with van der Waals surface area (Å²) in [5.74, 6) is 1.58. The topological polar surface area (TPSA) is 56.4 Å². The summed E-state index contributed by atoms with van der Waals surface area (Å²) >= 11 is 1.63. The molecule has 0 radical (unpaired) electrons. The van der Waals surface area contributed by atoms with Crippen LogP contribution in [0.5, 0.6) is 0 Å². The third kappa shape index (κ3) is 3.15. The van der Waals surface area contributed by atoms with E-state index in [1.807, 2.05) is 31.3 Å². The Balaban J connectivity index is 1.82. The molecule has 3 rings (SSSR count). The molecule has 1 atom stereocenters. The number of hydrogen-bond acceptors (Lipinski definition) is 3. The van der Waals surface area contributed by atoms with Crippen LogP contribution in [-0.2, 0) is 4.79 Å². The van der Waals surface area contributed by atoms with Gasteiger partial charge in [-0.2, -0.15) is 0 Å². The summed E-state index contributed by atoms with van der Waals surface area (Å²) in [6.07, 6.45) is 1.75. The molecule has 1 aliphatic heterocycles. The number of aromatic nitrogens is 1. The lowest BCUT2D eigenvalue weighted by Crippen LogP contribution is -2.48. The molecule has 1 aromatic carbocycles. The van der Waals surface area contributed by atoms with Gasteiger partial charge < -0.3 is 14.8 Å². The van der Waals surface area contributed by atoms with Gasteiger partial charge in [-0.15, -0.1) is 11.8 Å². The van der Waals surface area contributed by atoms with E-state index < -0.39 is 0 Å². The second-order valence-corrected chi connectivity index (χ2v) is 7.65. The van der Waals surface area contributed by atoms with Gasteiger partial charge in [-0.25, -0.2) is 0 Å². The number of nitrogens with one attached hydrogen (secondary N) is 1. The van der Waals surface area contributed by atoms with Crippen molar-refractivity contribution in [1.82, 2.24) is 14.8 Å². The minimum absolute atomic E-state index is 0.0295. The van der Waals surface area contributed by atoms with Gasteiger partial charge in [-0.05, 0) is 12.0 Å². The van der Waals surface area contributed by atoms with E-state index >= 15 is 0 Å². The molecule has 0 spiro atoms. The summed E-state index contributed by atoms with van der Waals surface area (Å²) in [5, 5.41) is 0.904. The fourth-order valence-electron chi connectivity index (χ4n) is 3.14. The highest BCUT2D eigenvalue weighted by atomic mass is 32.2. The van der Waals surface area contributed by atoms with Crippen LogP contribution in [-0.4, -0.2) is 57.9 Å². The van der Waals surface area contributed by atoms with Crippen LogP contribution in [0.1, 0.15) is 24.2 Å². The monoisotopic (exact) mass is 345 g/mol. The number of carbonyl (C=O) groups is 2. The predicted molar refractivity (Wildman–Crippen MR) is 98.1 cm³/mol. The molecule has 5 nitrogen and oxygen atoms in total. The molecule has 2 amide bonds. The number of rotatable bonds is 4. The molecule has 2 heterocycles. The average molecular weight is 345 g/mol. The fraction of sp³-hybridized carbons (Fsp3) is 0.444. The van der Waals surface area contributed by atoms with Crippen molar-refractivity contribution in [2.75, 3.05) is 25.2 Å². The lowest BCUT2D eigenvalue weighted by molar-refractivity contribution is -0.134. The Bertz CT molecular complexity index is 756. The standard InChI is InChI=1S/C18H23N3O2S/c1-12(2)9-20(3)18(23)16-10-24-11-21(16)17(22)14-8-19-15-7-5-4-6-13(14)15/h4-8,12,16,19H,9-11H2,1-3H3/t16-/m0/s1. The van der Waals surface area contributed by atoms with Gasteiger partial charge in [-0.3, -0.25) is 9.59 Å². The molecule has 128 valence electrons. The maximum Gasteiger partial charge on any atom is 0.257 e. The van der Waals surface area contributed by atoms with Gasteiger partial charge in [0.15, 0.2) is 0 Å². The Hall–Kier alpha value is -1.95. The number of amides is 2. The van der Waals surface area contributed by atoms with Crippen molar-refractivity contribution in [3.05, 3.63) is 36.0 Å². The third-order valence-electron chi connectivity index (χ3n) is 4.26. The molecule has 24 heavy (non-hydrogen) atoms. The van der Waals surface area contributed by atoms with Gasteiger partial charge >= 0.3 is 0 Å². The van der Waals surface area contributed by atoms with E-state index in [1.54, 1.807) is 27.8 Å². The highest BCUT2D eigenvalue weighted by Crippen LogP contribution is 2.27. The van der Waals surface area contributed by atoms with E-state index in [4.69, 9.17) is 0 Å². The molecule has 1 N–H and O–H groups in total. The normalized spacial score (nSPS) is 17.7. The lowest BCUT2D eigenvalue weighted by atomic mass is 10.1. The van der Waals surface area contributed by atoms with Crippen LogP contribution in [0.4, 0.5) is 0 Å². The Morgan fingerprint density at radius 1 is 1.38 bits per heavy atom. The molecule has 1 saturated heterocycles. The number of aromatic amines is 1. The van der Waals surface area contributed by atoms with E-state index in [9.17, 15) is 9.59 Å². The van der Waals surface area contributed by atoms with Crippen molar-refractivity contribution in [3.63, 3.8) is 0 Å². The summed E-state index contributed by atoms with van der Waals surface area (Å²) in [5.41, 5.74) is 1.57. The van der Waals surface area contributed by atoms with Crippen molar-refractivity contribution in [2.24, 2.45) is 5.92 Å². The minimum atomic E-state index is -0.375. The summed E-state index contributed by atoms with van der Waals surface area (Å²) < 4.78 is 0. The zero-order valence-corrected chi connectivity index (χ0v) is 15.1. The van der Waals surface area contributed by atoms with Gasteiger partial charge in [0.25, 0.3) is 5.91 Å². The smallest absolute Gasteiger partial charge is 0.257 e. The molecular formula is C18H23N3O2S. The van der Waals surface area contributed by atoms with E-state index in [2.05, 4.69) is 18.8 Å². The second kappa shape index (κ2) is 6.89. The highest BCUT2D eigenvalue weighted by molar-refractivity contribution is 7.99. The maximum atomic E-state index is 13.0. The summed E-state index contributed by atoms with van der Waals surface area (Å²) in [7, 11) is 1.82. The van der Waals surface area contributed by atoms with Crippen LogP contribution in [0.15, 0.2) is 30.5 Å². The number of carbonyl (C=O) groups excluding carboxylic acids is 2. The largest absolute Gasteiger partial charge is 0.360 e. The molecule has 1 aromatic heterocycles. The zero-order chi connectivity index (χ0) is 17.3. The van der Waals surface area contributed by atoms with Crippen molar-refractivity contribution < 1.29 is 9.59 Å². The molecule has 0 bridgehead atoms. The van der Waals surface area contributed by atoms with Crippen molar-refractivity contribution >= 4 is 34.5 Å². The first kappa shape index (κ1) is 16.9. The molecule has 2 aromatic rings. The first-order valence-corrected chi connectivity index (χ1v) is 9.34. The number of H-pyrrole nitrogens is 1. The van der Waals surface area contributed by atoms with Crippen LogP contribution in [0.3, 0.4) is 0 Å². The van der Waals surface area contributed by atoms with Crippen LogP contribution in [0.2, 0.25) is 0 Å². The van der Waals surface area contributed by atoms with E-state index in [-0.39, 0.29) is 17.9 Å². The predicted octanol–water partition coefficient (Wildman–Crippen LogP) is 2.80. The summed E-state index contributed by atoms with van der Waals surface area (Å²) in [6, 6.07) is 7.37. The Morgan fingerprint density at radius 2 is 2.12 bits per heavy atom. The number of thioether (sulfide) groups is 1. The van der Waals surface area contributed by atoms with Crippen molar-refractivity contribution in [1.29, 1.82) is 0 Å². The van der Waals surface area contributed by atoms with Gasteiger partial charge in [0.2, 0.25) is 5.91 Å². The molecule has 0 unspecified atom stereocenters. The molecule has 0 aliphatic carbocycles. The molecule has 1 fully saturated rings. The SMILES string of the molecule is CC(C)CN(C)C(=O)[C@@H]1CSCN1C(=O)c1c[nH]c2ccccc12. The number of para-hydroxylation sites is 1. The Labute approximate surface area is 146 Å². The zero-order valence-electron chi connectivity index (χ0n) is 14.3. The minimum Gasteiger partial charge on any atom is -0.360 e. The van der Waals surface area contributed by atoms with E-state index in [0.717, 1.165) is 10.9 Å². The van der Waals surface area contributed by atoms with Crippen LogP contribution < -0.4 is 0 Å². The quantitative estimate of drug-likeness (QED) is 0.927. The number of benzene rings is 1. The van der Waals surface area contributed by atoms with Crippen LogP contribution in [0, 0.1) is 5.92 Å². The molecular weight excluding hydrogens is 322 g/mol. The van der Waals surface area contributed by atoms with Gasteiger partial charge in [-0.1, -0.05) is 32.0 Å². The number of fused-ring (bicyclic) bond motifs is 1. The van der Waals surface area contributed by atoms with Gasteiger partial charge in [0.1, 0.15) is 6.04 Å². The third-order valence-corrected chi connectivity index (χ3v) is 5.28. The first-order chi connectivity index (χ1) is 11.5. The van der Waals surface area contributed by atoms with Crippen LogP contribution in [0.25, 0.3) is 10.9 Å². The lowest BCUT2D eigenvalue weighted by Gasteiger charge is -2.28. The Kier molecular flexibility index (Phi) is 4.85. The van der Waals surface area contributed by atoms with Crippen LogP contribution >= 0.6 is 11.8 Å². The fourth-order valence-corrected chi connectivity index (χ4v) is 4.29. The maximum absolute atomic E-state index is 13.0. The highest BCUT2D eigenvalue weighted by Gasteiger charge is 2.37. The second-order valence-electron chi connectivity index (χ2n) is 6.65. The van der Waals surface area contributed by atoms with Gasteiger partial charge in [0, 0.05) is 36.4 Å². The summed E-state index contributed by atoms with van der Waals surface area (Å²) in [6.45, 7) is 4.87.